The van der Waals surface area contributed by atoms with Gasteiger partial charge in [-0.2, -0.15) is 0 Å². The fourth-order valence-electron chi connectivity index (χ4n) is 2.81. The predicted octanol–water partition coefficient (Wildman–Crippen LogP) is 2.14. The molecule has 0 unspecified atom stereocenters. The molecule has 19 heavy (non-hydrogen) atoms. The third kappa shape index (κ3) is 2.23. The number of hydrogen-bond acceptors (Lipinski definition) is 4. The van der Waals surface area contributed by atoms with Crippen molar-refractivity contribution < 1.29 is 14.6 Å². The Morgan fingerprint density at radius 1 is 1.16 bits per heavy atom. The van der Waals surface area contributed by atoms with Crippen LogP contribution in [-0.4, -0.2) is 29.1 Å². The summed E-state index contributed by atoms with van der Waals surface area (Å²) in [5.41, 5.74) is 0.191. The zero-order valence-electron chi connectivity index (χ0n) is 10.6. The molecular weight excluding hydrogens is 244 g/mol. The lowest BCUT2D eigenvalue weighted by Crippen LogP contribution is -2.42. The second-order valence-corrected chi connectivity index (χ2v) is 5.15. The van der Waals surface area contributed by atoms with Crippen molar-refractivity contribution in [1.29, 1.82) is 0 Å². The van der Waals surface area contributed by atoms with Crippen LogP contribution in [0.4, 0.5) is 5.69 Å². The highest BCUT2D eigenvalue weighted by Gasteiger charge is 2.46. The van der Waals surface area contributed by atoms with E-state index in [1.165, 1.54) is 6.20 Å². The summed E-state index contributed by atoms with van der Waals surface area (Å²) in [4.78, 5) is 7.52. The van der Waals surface area contributed by atoms with Crippen LogP contribution in [0.1, 0.15) is 31.4 Å². The van der Waals surface area contributed by atoms with E-state index in [9.17, 15) is 5.11 Å². The predicted molar refractivity (Wildman–Crippen MR) is 67.5 cm³/mol. The fourth-order valence-corrected chi connectivity index (χ4v) is 2.81. The molecule has 1 saturated heterocycles. The average Bonchev–Trinajstić information content (AvgIpc) is 2.92. The Kier molecular flexibility index (Phi) is 3.02. The maximum Gasteiger partial charge on any atom is 0.205 e. The van der Waals surface area contributed by atoms with Crippen LogP contribution in [0.2, 0.25) is 0 Å². The number of hydrogen-bond donors (Lipinski definition) is 1. The first-order chi connectivity index (χ1) is 9.16. The maximum atomic E-state index is 10.7. The van der Waals surface area contributed by atoms with Crippen molar-refractivity contribution in [1.82, 2.24) is 4.98 Å². The van der Waals surface area contributed by atoms with E-state index in [0.717, 1.165) is 0 Å². The summed E-state index contributed by atoms with van der Waals surface area (Å²) in [5.74, 6) is -0.483. The lowest BCUT2D eigenvalue weighted by atomic mass is 9.79. The molecule has 5 heteroatoms. The van der Waals surface area contributed by atoms with Crippen molar-refractivity contribution in [2.45, 2.75) is 37.1 Å². The number of aliphatic hydroxyl groups is 1. The van der Waals surface area contributed by atoms with Gasteiger partial charge < -0.3 is 14.6 Å². The molecular formula is C14H16N2O3. The molecule has 1 aromatic heterocycles. The largest absolute Gasteiger partial charge is 0.384 e. The standard InChI is InChI=1S/C14H16N2O3/c1-15-11-2-3-12(16-10-11)13(17)4-6-14(7-5-13)18-8-9-19-14/h2-3,10,17H,4-9H2. The van der Waals surface area contributed by atoms with E-state index in [0.29, 0.717) is 50.3 Å². The van der Waals surface area contributed by atoms with Crippen molar-refractivity contribution in [3.05, 3.63) is 35.4 Å². The van der Waals surface area contributed by atoms with Crippen LogP contribution in [0, 0.1) is 6.57 Å². The Morgan fingerprint density at radius 3 is 2.37 bits per heavy atom. The molecule has 2 aliphatic rings. The Labute approximate surface area is 112 Å². The number of rotatable bonds is 1. The van der Waals surface area contributed by atoms with Gasteiger partial charge in [-0.1, -0.05) is 6.07 Å². The van der Waals surface area contributed by atoms with Gasteiger partial charge in [0.15, 0.2) is 5.79 Å². The average molecular weight is 260 g/mol. The molecule has 1 aliphatic heterocycles. The lowest BCUT2D eigenvalue weighted by Gasteiger charge is -2.40. The Balaban J connectivity index is 1.75. The fraction of sp³-hybridized carbons (Fsp3) is 0.571. The molecule has 2 heterocycles. The Bertz CT molecular complexity index is 490. The first kappa shape index (κ1) is 12.5. The summed E-state index contributed by atoms with van der Waals surface area (Å²) in [6.45, 7) is 8.18. The van der Waals surface area contributed by atoms with E-state index in [1.54, 1.807) is 12.1 Å². The van der Waals surface area contributed by atoms with Gasteiger partial charge in [-0.05, 0) is 18.9 Å². The molecule has 1 saturated carbocycles. The van der Waals surface area contributed by atoms with E-state index in [-0.39, 0.29) is 0 Å². The van der Waals surface area contributed by atoms with E-state index in [4.69, 9.17) is 16.0 Å². The summed E-state index contributed by atoms with van der Waals surface area (Å²) in [6.07, 6.45) is 3.99. The summed E-state index contributed by atoms with van der Waals surface area (Å²) in [7, 11) is 0. The highest BCUT2D eigenvalue weighted by Crippen LogP contribution is 2.44. The molecule has 0 atom stereocenters. The highest BCUT2D eigenvalue weighted by molar-refractivity contribution is 5.42. The van der Waals surface area contributed by atoms with Gasteiger partial charge in [0.2, 0.25) is 5.69 Å². The number of aromatic nitrogens is 1. The van der Waals surface area contributed by atoms with Crippen LogP contribution in [0.3, 0.4) is 0 Å². The Hall–Kier alpha value is -1.48. The molecule has 0 amide bonds. The van der Waals surface area contributed by atoms with Gasteiger partial charge in [0.1, 0.15) is 5.60 Å². The molecule has 100 valence electrons. The monoisotopic (exact) mass is 260 g/mol. The second-order valence-electron chi connectivity index (χ2n) is 5.15. The van der Waals surface area contributed by atoms with Crippen LogP contribution >= 0.6 is 0 Å². The molecule has 5 nitrogen and oxygen atoms in total. The second kappa shape index (κ2) is 4.57. The van der Waals surface area contributed by atoms with Gasteiger partial charge in [-0.3, -0.25) is 4.98 Å². The quantitative estimate of drug-likeness (QED) is 0.786. The van der Waals surface area contributed by atoms with E-state index >= 15 is 0 Å². The van der Waals surface area contributed by atoms with Crippen molar-refractivity contribution in [3.63, 3.8) is 0 Å². The van der Waals surface area contributed by atoms with Gasteiger partial charge >= 0.3 is 0 Å². The topological polar surface area (TPSA) is 55.9 Å². The molecule has 1 aromatic rings. The van der Waals surface area contributed by atoms with Gasteiger partial charge in [0.05, 0.1) is 25.5 Å². The van der Waals surface area contributed by atoms with Crippen molar-refractivity contribution >= 4 is 5.69 Å². The van der Waals surface area contributed by atoms with Crippen molar-refractivity contribution in [3.8, 4) is 0 Å². The van der Waals surface area contributed by atoms with Gasteiger partial charge in [-0.25, -0.2) is 4.85 Å². The minimum absolute atomic E-state index is 0.483. The normalized spacial score (nSPS) is 24.2. The van der Waals surface area contributed by atoms with E-state index < -0.39 is 11.4 Å². The molecule has 2 fully saturated rings. The Morgan fingerprint density at radius 2 is 1.84 bits per heavy atom. The highest BCUT2D eigenvalue weighted by atomic mass is 16.7. The molecule has 0 aromatic carbocycles. The van der Waals surface area contributed by atoms with Gasteiger partial charge in [-0.15, -0.1) is 0 Å². The molecule has 1 spiro atoms. The summed E-state index contributed by atoms with van der Waals surface area (Å²) in [6, 6.07) is 3.43. The maximum absolute atomic E-state index is 10.7. The molecule has 3 rings (SSSR count). The molecule has 0 radical (unpaired) electrons. The smallest absolute Gasteiger partial charge is 0.205 e. The van der Waals surface area contributed by atoms with Crippen molar-refractivity contribution in [2.75, 3.05) is 13.2 Å². The molecule has 1 N–H and O–H groups in total. The van der Waals surface area contributed by atoms with E-state index in [1.807, 2.05) is 0 Å². The lowest BCUT2D eigenvalue weighted by molar-refractivity contribution is -0.204. The van der Waals surface area contributed by atoms with Crippen LogP contribution < -0.4 is 0 Å². The number of pyridine rings is 1. The summed E-state index contributed by atoms with van der Waals surface area (Å²) in [5, 5.41) is 10.7. The minimum atomic E-state index is -0.929. The first-order valence-corrected chi connectivity index (χ1v) is 6.50. The van der Waals surface area contributed by atoms with Gasteiger partial charge in [0.25, 0.3) is 0 Å². The van der Waals surface area contributed by atoms with Crippen LogP contribution in [0.5, 0.6) is 0 Å². The van der Waals surface area contributed by atoms with Crippen LogP contribution in [0.25, 0.3) is 4.85 Å². The molecule has 0 bridgehead atoms. The molecule has 1 aliphatic carbocycles. The summed E-state index contributed by atoms with van der Waals surface area (Å²) >= 11 is 0. The minimum Gasteiger partial charge on any atom is -0.384 e. The number of ether oxygens (including phenoxy) is 2. The summed E-state index contributed by atoms with van der Waals surface area (Å²) < 4.78 is 11.3. The third-order valence-electron chi connectivity index (χ3n) is 4.01. The SMILES string of the molecule is [C-]#[N+]c1ccc(C2(O)CCC3(CC2)OCCO3)nc1. The third-order valence-corrected chi connectivity index (χ3v) is 4.01. The van der Waals surface area contributed by atoms with Gasteiger partial charge in [0, 0.05) is 19.0 Å². The number of nitrogens with zero attached hydrogens (tertiary/aromatic N) is 2. The van der Waals surface area contributed by atoms with Crippen molar-refractivity contribution in [2.24, 2.45) is 0 Å². The van der Waals surface area contributed by atoms with Crippen LogP contribution in [-0.2, 0) is 15.1 Å². The van der Waals surface area contributed by atoms with Crippen LogP contribution in [0.15, 0.2) is 18.3 Å². The zero-order valence-corrected chi connectivity index (χ0v) is 10.6. The zero-order chi connectivity index (χ0) is 13.3. The van der Waals surface area contributed by atoms with E-state index in [2.05, 4.69) is 9.83 Å². The first-order valence-electron chi connectivity index (χ1n) is 6.50.